The maximum atomic E-state index is 11.1. The molecule has 0 aromatic rings. The number of rotatable bonds is 0. The Balaban J connectivity index is 1.51. The van der Waals surface area contributed by atoms with E-state index in [0.717, 1.165) is 38.5 Å². The highest BCUT2D eigenvalue weighted by molar-refractivity contribution is 5.24. The van der Waals surface area contributed by atoms with E-state index >= 15 is 0 Å². The molecule has 4 heteroatoms. The topological polar surface area (TPSA) is 65.2 Å². The highest BCUT2D eigenvalue weighted by Crippen LogP contribution is 2.68. The van der Waals surface area contributed by atoms with Crippen molar-refractivity contribution in [2.24, 2.45) is 44.7 Å². The lowest BCUT2D eigenvalue weighted by molar-refractivity contribution is -0.171. The molecule has 2 N–H and O–H groups in total. The highest BCUT2D eigenvalue weighted by Gasteiger charge is 2.65. The van der Waals surface area contributed by atoms with Crippen LogP contribution in [0.1, 0.15) is 65.7 Å². The Morgan fingerprint density at radius 1 is 1.04 bits per heavy atom. The molecule has 4 fully saturated rings. The van der Waals surface area contributed by atoms with E-state index in [9.17, 15) is 10.2 Å². The van der Waals surface area contributed by atoms with Gasteiger partial charge >= 0.3 is 0 Å². The fourth-order valence-corrected chi connectivity index (χ4v) is 7.92. The third-order valence-electron chi connectivity index (χ3n) is 9.59. The molecule has 0 radical (unpaired) electrons. The zero-order valence-corrected chi connectivity index (χ0v) is 15.8. The first-order valence-corrected chi connectivity index (χ1v) is 10.3. The van der Waals surface area contributed by atoms with Gasteiger partial charge in [0.05, 0.1) is 23.9 Å². The minimum atomic E-state index is -0.547. The van der Waals surface area contributed by atoms with E-state index in [1.165, 1.54) is 12.0 Å². The third-order valence-corrected chi connectivity index (χ3v) is 9.59. The molecule has 0 aromatic carbocycles. The van der Waals surface area contributed by atoms with Gasteiger partial charge < -0.3 is 10.2 Å². The van der Waals surface area contributed by atoms with Gasteiger partial charge in [-0.05, 0) is 91.9 Å². The Labute approximate surface area is 150 Å². The van der Waals surface area contributed by atoms with Crippen molar-refractivity contribution in [2.75, 3.05) is 0 Å². The molecule has 25 heavy (non-hydrogen) atoms. The zero-order valence-electron chi connectivity index (χ0n) is 15.8. The van der Waals surface area contributed by atoms with E-state index in [4.69, 9.17) is 0 Å². The molecule has 138 valence electrons. The summed E-state index contributed by atoms with van der Waals surface area (Å²) in [7, 11) is 0. The quantitative estimate of drug-likeness (QED) is 0.695. The van der Waals surface area contributed by atoms with E-state index in [-0.39, 0.29) is 23.0 Å². The van der Waals surface area contributed by atoms with Crippen LogP contribution in [0.3, 0.4) is 0 Å². The van der Waals surface area contributed by atoms with Gasteiger partial charge in [0.25, 0.3) is 0 Å². The monoisotopic (exact) mass is 344 g/mol. The largest absolute Gasteiger partial charge is 0.393 e. The molecule has 5 rings (SSSR count). The first-order valence-electron chi connectivity index (χ1n) is 10.3. The molecule has 1 aliphatic heterocycles. The fraction of sp³-hybridized carbons (Fsp3) is 0.905. The molecule has 0 saturated heterocycles. The number of hydrogen-bond donors (Lipinski definition) is 2. The number of azo groups is 1. The van der Waals surface area contributed by atoms with Crippen molar-refractivity contribution in [3.63, 3.8) is 0 Å². The Bertz CT molecular complexity index is 656. The van der Waals surface area contributed by atoms with Gasteiger partial charge in [0.2, 0.25) is 0 Å². The van der Waals surface area contributed by atoms with Gasteiger partial charge in [0.15, 0.2) is 0 Å². The number of fused-ring (bicyclic) bond motifs is 6. The molecule has 4 unspecified atom stereocenters. The summed E-state index contributed by atoms with van der Waals surface area (Å²) in [5.41, 5.74) is 1.02. The normalized spacial score (nSPS) is 59.6. The average Bonchev–Trinajstić information content (AvgIpc) is 3.08. The number of hydrogen-bond acceptors (Lipinski definition) is 4. The fourth-order valence-electron chi connectivity index (χ4n) is 7.92. The summed E-state index contributed by atoms with van der Waals surface area (Å²) in [5, 5.41) is 30.7. The van der Waals surface area contributed by atoms with Crippen molar-refractivity contribution in [1.29, 1.82) is 0 Å². The minimum Gasteiger partial charge on any atom is -0.393 e. The molecule has 4 aliphatic carbocycles. The Morgan fingerprint density at radius 2 is 1.80 bits per heavy atom. The predicted octanol–water partition coefficient (Wildman–Crippen LogP) is 4.08. The number of nitrogens with zero attached hydrogens (tertiary/aromatic N) is 2. The molecule has 5 aliphatic rings. The van der Waals surface area contributed by atoms with E-state index in [0.29, 0.717) is 23.7 Å². The SMILES string of the molecule is C[C@]1(O)CCC2C3C[C@@H](O)[C@H]4CC5N=NC=C5C[C@]4(C)C3CC[C@@]21C. The van der Waals surface area contributed by atoms with Crippen LogP contribution in [0.2, 0.25) is 0 Å². The average molecular weight is 344 g/mol. The van der Waals surface area contributed by atoms with Crippen LogP contribution in [0.25, 0.3) is 0 Å². The van der Waals surface area contributed by atoms with Crippen LogP contribution in [0, 0.1) is 34.5 Å². The summed E-state index contributed by atoms with van der Waals surface area (Å²) >= 11 is 0. The third kappa shape index (κ3) is 1.96. The molecule has 9 atom stereocenters. The second-order valence-electron chi connectivity index (χ2n) is 10.4. The summed E-state index contributed by atoms with van der Waals surface area (Å²) in [6, 6.07) is 0.227. The van der Waals surface area contributed by atoms with E-state index in [1.54, 1.807) is 0 Å². The molecular weight excluding hydrogens is 312 g/mol. The summed E-state index contributed by atoms with van der Waals surface area (Å²) in [6.07, 6.45) is 9.05. The van der Waals surface area contributed by atoms with Gasteiger partial charge in [-0.1, -0.05) is 13.8 Å². The number of aliphatic hydroxyl groups excluding tert-OH is 1. The van der Waals surface area contributed by atoms with Crippen LogP contribution in [0.15, 0.2) is 22.0 Å². The van der Waals surface area contributed by atoms with Gasteiger partial charge in [-0.25, -0.2) is 0 Å². The summed E-state index contributed by atoms with van der Waals surface area (Å²) in [5.74, 6) is 2.12. The van der Waals surface area contributed by atoms with Crippen molar-refractivity contribution in [1.82, 2.24) is 0 Å². The van der Waals surface area contributed by atoms with Crippen molar-refractivity contribution in [3.8, 4) is 0 Å². The molecule has 0 bridgehead atoms. The van der Waals surface area contributed by atoms with Gasteiger partial charge in [-0.3, -0.25) is 0 Å². The van der Waals surface area contributed by atoms with Gasteiger partial charge in [0, 0.05) is 0 Å². The summed E-state index contributed by atoms with van der Waals surface area (Å²) in [4.78, 5) is 0. The standard InChI is InChI=1S/C21H32N2O2/c1-19-10-12-11-22-23-17(12)9-16(19)18(24)8-13-14(19)4-6-20(2)15(13)5-7-21(20,3)25/h11,13-18,24-25H,4-10H2,1-3H3/t13?,14?,15?,16-,17?,18-,19-,20+,21+/m1/s1. The van der Waals surface area contributed by atoms with E-state index in [1.807, 2.05) is 6.20 Å². The first kappa shape index (κ1) is 16.4. The Morgan fingerprint density at radius 3 is 2.60 bits per heavy atom. The van der Waals surface area contributed by atoms with Crippen molar-refractivity contribution < 1.29 is 10.2 Å². The van der Waals surface area contributed by atoms with Gasteiger partial charge in [-0.15, -0.1) is 0 Å². The summed E-state index contributed by atoms with van der Waals surface area (Å²) in [6.45, 7) is 6.80. The van der Waals surface area contributed by atoms with Crippen molar-refractivity contribution in [2.45, 2.75) is 83.5 Å². The second-order valence-corrected chi connectivity index (χ2v) is 10.4. The van der Waals surface area contributed by atoms with Crippen LogP contribution < -0.4 is 0 Å². The molecule has 1 heterocycles. The zero-order chi connectivity index (χ0) is 17.6. The maximum absolute atomic E-state index is 11.1. The lowest BCUT2D eigenvalue weighted by Gasteiger charge is -2.62. The van der Waals surface area contributed by atoms with Gasteiger partial charge in [0.1, 0.15) is 0 Å². The molecule has 0 spiro atoms. The predicted molar refractivity (Wildman–Crippen MR) is 95.9 cm³/mol. The molecule has 0 amide bonds. The molecule has 4 saturated carbocycles. The molecule has 0 aromatic heterocycles. The van der Waals surface area contributed by atoms with Crippen LogP contribution in [0.5, 0.6) is 0 Å². The highest BCUT2D eigenvalue weighted by atomic mass is 16.3. The van der Waals surface area contributed by atoms with E-state index in [2.05, 4.69) is 31.0 Å². The summed E-state index contributed by atoms with van der Waals surface area (Å²) < 4.78 is 0. The molecular formula is C21H32N2O2. The van der Waals surface area contributed by atoms with Crippen molar-refractivity contribution >= 4 is 0 Å². The van der Waals surface area contributed by atoms with Crippen molar-refractivity contribution in [3.05, 3.63) is 11.8 Å². The Kier molecular flexibility index (Phi) is 3.25. The van der Waals surface area contributed by atoms with Crippen LogP contribution in [0.4, 0.5) is 0 Å². The second kappa shape index (κ2) is 4.95. The van der Waals surface area contributed by atoms with Crippen LogP contribution >= 0.6 is 0 Å². The van der Waals surface area contributed by atoms with E-state index < -0.39 is 5.60 Å². The van der Waals surface area contributed by atoms with Gasteiger partial charge in [-0.2, -0.15) is 10.2 Å². The van der Waals surface area contributed by atoms with Crippen LogP contribution in [-0.2, 0) is 0 Å². The first-order chi connectivity index (χ1) is 11.8. The maximum Gasteiger partial charge on any atom is 0.0944 e. The number of aliphatic hydroxyl groups is 2. The lowest BCUT2D eigenvalue weighted by Crippen LogP contribution is -2.59. The minimum absolute atomic E-state index is 0.0194. The lowest BCUT2D eigenvalue weighted by atomic mass is 9.43. The Hall–Kier alpha value is -0.740. The molecule has 4 nitrogen and oxygen atoms in total. The smallest absolute Gasteiger partial charge is 0.0944 e. The van der Waals surface area contributed by atoms with Crippen LogP contribution in [-0.4, -0.2) is 28.0 Å².